The van der Waals surface area contributed by atoms with Crippen molar-refractivity contribution < 1.29 is 0 Å². The Morgan fingerprint density at radius 3 is 2.51 bits per heavy atom. The number of rotatable bonds is 6. The molecule has 0 radical (unpaired) electrons. The summed E-state index contributed by atoms with van der Waals surface area (Å²) in [5.74, 6) is 1.50. The number of para-hydroxylation sites is 2. The topological polar surface area (TPSA) is 78.7 Å². The largest absolute Gasteiger partial charge is 0.397 e. The van der Waals surface area contributed by atoms with Crippen molar-refractivity contribution in [3.05, 3.63) is 103 Å². The molecule has 0 atom stereocenters. The third-order valence-electron chi connectivity index (χ3n) is 7.45. The molecule has 0 amide bonds. The van der Waals surface area contributed by atoms with Gasteiger partial charge in [0, 0.05) is 40.1 Å². The van der Waals surface area contributed by atoms with Crippen LogP contribution in [0.5, 0.6) is 0 Å². The van der Waals surface area contributed by atoms with Crippen LogP contribution < -0.4 is 5.73 Å². The lowest BCUT2D eigenvalue weighted by molar-refractivity contribution is 0.250. The van der Waals surface area contributed by atoms with E-state index in [0.29, 0.717) is 11.6 Å². The van der Waals surface area contributed by atoms with E-state index in [0.717, 1.165) is 60.8 Å². The van der Waals surface area contributed by atoms with Crippen molar-refractivity contribution in [2.24, 2.45) is 5.73 Å². The van der Waals surface area contributed by atoms with Crippen LogP contribution in [-0.4, -0.2) is 44.6 Å². The number of nitrogens with two attached hydrogens (primary N) is 1. The summed E-state index contributed by atoms with van der Waals surface area (Å²) in [6, 6.07) is 18.7. The summed E-state index contributed by atoms with van der Waals surface area (Å²) in [6.07, 6.45) is 11.2. The molecule has 6 heteroatoms. The lowest BCUT2D eigenvalue weighted by Crippen LogP contribution is -2.30. The standard InChI is InChI=1S/C22H27N5.C11H11N/c1-4-11-27-21(15(2)23)20(19-14-17-7-5-6-8-18(17)24-19)25-22(27)16-9-12-26(3)13-10-16;1-2-5-9-8-12-11-7-4-3-6-10(9)11/h4-8,11,14,16,24H,2,9-10,12-13,23H2,1,3H3;2-4,6-8,12H,1,5H2/b11-4-;. The second kappa shape index (κ2) is 11.6. The maximum absolute atomic E-state index is 6.23. The van der Waals surface area contributed by atoms with Crippen molar-refractivity contribution >= 4 is 33.7 Å². The van der Waals surface area contributed by atoms with Gasteiger partial charge in [-0.15, -0.1) is 6.58 Å². The van der Waals surface area contributed by atoms with Gasteiger partial charge in [-0.25, -0.2) is 4.98 Å². The molecule has 200 valence electrons. The summed E-state index contributed by atoms with van der Waals surface area (Å²) in [4.78, 5) is 14.2. The fourth-order valence-corrected chi connectivity index (χ4v) is 5.46. The van der Waals surface area contributed by atoms with Gasteiger partial charge in [-0.2, -0.15) is 0 Å². The summed E-state index contributed by atoms with van der Waals surface area (Å²) in [6.45, 7) is 12.0. The van der Waals surface area contributed by atoms with Gasteiger partial charge in [0.1, 0.15) is 11.5 Å². The zero-order chi connectivity index (χ0) is 27.4. The van der Waals surface area contributed by atoms with Crippen LogP contribution in [-0.2, 0) is 6.42 Å². The summed E-state index contributed by atoms with van der Waals surface area (Å²) in [5, 5.41) is 2.47. The van der Waals surface area contributed by atoms with Crippen LogP contribution in [0.2, 0.25) is 0 Å². The Labute approximate surface area is 230 Å². The number of hydrogen-bond acceptors (Lipinski definition) is 3. The van der Waals surface area contributed by atoms with E-state index in [2.05, 4.69) is 82.2 Å². The third-order valence-corrected chi connectivity index (χ3v) is 7.45. The maximum atomic E-state index is 6.23. The monoisotopic (exact) mass is 518 g/mol. The Morgan fingerprint density at radius 1 is 1.10 bits per heavy atom. The van der Waals surface area contributed by atoms with Gasteiger partial charge in [0.15, 0.2) is 0 Å². The second-order valence-electron chi connectivity index (χ2n) is 10.2. The summed E-state index contributed by atoms with van der Waals surface area (Å²) < 4.78 is 2.14. The summed E-state index contributed by atoms with van der Waals surface area (Å²) in [5.41, 5.74) is 13.1. The van der Waals surface area contributed by atoms with E-state index in [-0.39, 0.29) is 0 Å². The minimum absolute atomic E-state index is 0.425. The van der Waals surface area contributed by atoms with E-state index in [1.54, 1.807) is 0 Å². The number of nitrogens with one attached hydrogen (secondary N) is 2. The highest BCUT2D eigenvalue weighted by atomic mass is 15.1. The van der Waals surface area contributed by atoms with E-state index < -0.39 is 0 Å². The number of nitrogens with zero attached hydrogens (tertiary/aromatic N) is 3. The number of benzene rings is 2. The van der Waals surface area contributed by atoms with Crippen molar-refractivity contribution in [2.75, 3.05) is 20.1 Å². The average Bonchev–Trinajstić information content (AvgIpc) is 3.65. The number of hydrogen-bond donors (Lipinski definition) is 3. The van der Waals surface area contributed by atoms with Crippen molar-refractivity contribution in [1.82, 2.24) is 24.4 Å². The first kappa shape index (κ1) is 26.3. The smallest absolute Gasteiger partial charge is 0.117 e. The molecule has 0 aliphatic carbocycles. The molecular formula is C33H38N6. The van der Waals surface area contributed by atoms with E-state index in [1.165, 1.54) is 21.9 Å². The fraction of sp³-hybridized carbons (Fsp3) is 0.242. The summed E-state index contributed by atoms with van der Waals surface area (Å²) >= 11 is 0. The van der Waals surface area contributed by atoms with E-state index >= 15 is 0 Å². The van der Waals surface area contributed by atoms with Crippen LogP contribution in [0, 0.1) is 0 Å². The van der Waals surface area contributed by atoms with Crippen LogP contribution in [0.15, 0.2) is 86.1 Å². The Hall–Kier alpha value is -4.29. The second-order valence-corrected chi connectivity index (χ2v) is 10.2. The highest BCUT2D eigenvalue weighted by Gasteiger charge is 2.27. The average molecular weight is 519 g/mol. The SMILES string of the molecule is C=C(N)c1c(-c2cc3ccccc3[nH]2)nc(C2CCN(C)CC2)n1/C=C\C.C=CCc1c[nH]c2ccccc12. The minimum atomic E-state index is 0.425. The normalized spacial score (nSPS) is 14.6. The van der Waals surface area contributed by atoms with Crippen LogP contribution in [0.4, 0.5) is 0 Å². The Bertz CT molecular complexity index is 1590. The van der Waals surface area contributed by atoms with Gasteiger partial charge in [0.2, 0.25) is 0 Å². The predicted molar refractivity (Wildman–Crippen MR) is 165 cm³/mol. The maximum Gasteiger partial charge on any atom is 0.117 e. The number of aromatic nitrogens is 4. The van der Waals surface area contributed by atoms with Crippen molar-refractivity contribution in [3.63, 3.8) is 0 Å². The Morgan fingerprint density at radius 2 is 1.82 bits per heavy atom. The van der Waals surface area contributed by atoms with Crippen LogP contribution in [0.3, 0.4) is 0 Å². The van der Waals surface area contributed by atoms with Gasteiger partial charge < -0.3 is 25.2 Å². The van der Waals surface area contributed by atoms with E-state index in [1.807, 2.05) is 43.5 Å². The molecule has 0 spiro atoms. The first-order valence-corrected chi connectivity index (χ1v) is 13.6. The van der Waals surface area contributed by atoms with Crippen molar-refractivity contribution in [1.29, 1.82) is 0 Å². The number of imidazole rings is 1. The van der Waals surface area contributed by atoms with Gasteiger partial charge in [0.25, 0.3) is 0 Å². The first-order valence-electron chi connectivity index (χ1n) is 13.6. The van der Waals surface area contributed by atoms with Crippen LogP contribution in [0.25, 0.3) is 45.1 Å². The number of fused-ring (bicyclic) bond motifs is 2. The molecule has 4 heterocycles. The molecular weight excluding hydrogens is 480 g/mol. The Kier molecular flexibility index (Phi) is 7.84. The zero-order valence-corrected chi connectivity index (χ0v) is 23.0. The number of allylic oxidation sites excluding steroid dienone is 2. The minimum Gasteiger partial charge on any atom is -0.397 e. The van der Waals surface area contributed by atoms with Crippen molar-refractivity contribution in [3.8, 4) is 11.4 Å². The first-order chi connectivity index (χ1) is 19.0. The lowest BCUT2D eigenvalue weighted by Gasteiger charge is -2.28. The molecule has 0 bridgehead atoms. The van der Waals surface area contributed by atoms with Gasteiger partial charge >= 0.3 is 0 Å². The molecule has 0 saturated carbocycles. The van der Waals surface area contributed by atoms with Crippen LogP contribution in [0.1, 0.15) is 42.8 Å². The number of piperidine rings is 1. The predicted octanol–water partition coefficient (Wildman–Crippen LogP) is 7.16. The highest BCUT2D eigenvalue weighted by Crippen LogP contribution is 2.35. The highest BCUT2D eigenvalue weighted by molar-refractivity contribution is 5.87. The van der Waals surface area contributed by atoms with Gasteiger partial charge in [0.05, 0.1) is 17.1 Å². The molecule has 39 heavy (non-hydrogen) atoms. The molecule has 2 aromatic carbocycles. The van der Waals surface area contributed by atoms with Crippen molar-refractivity contribution in [2.45, 2.75) is 32.1 Å². The molecule has 1 fully saturated rings. The Balaban J connectivity index is 0.000000214. The third kappa shape index (κ3) is 5.47. The van der Waals surface area contributed by atoms with E-state index in [4.69, 9.17) is 10.7 Å². The van der Waals surface area contributed by atoms with Crippen LogP contribution >= 0.6 is 0 Å². The molecule has 6 nitrogen and oxygen atoms in total. The zero-order valence-electron chi connectivity index (χ0n) is 23.0. The lowest BCUT2D eigenvalue weighted by atomic mass is 9.96. The molecule has 1 aliphatic rings. The van der Waals surface area contributed by atoms with Gasteiger partial charge in [-0.1, -0.05) is 55.1 Å². The number of likely N-dealkylation sites (tertiary alicyclic amines) is 1. The number of aromatic amines is 2. The van der Waals surface area contributed by atoms with Gasteiger partial charge in [-0.3, -0.25) is 0 Å². The molecule has 5 aromatic rings. The quantitative estimate of drug-likeness (QED) is 0.209. The molecule has 0 unspecified atom stereocenters. The summed E-state index contributed by atoms with van der Waals surface area (Å²) in [7, 11) is 2.18. The molecule has 1 aliphatic heterocycles. The molecule has 1 saturated heterocycles. The fourth-order valence-electron chi connectivity index (χ4n) is 5.46. The molecule has 3 aromatic heterocycles. The van der Waals surface area contributed by atoms with Gasteiger partial charge in [-0.05, 0) is 70.1 Å². The number of H-pyrrole nitrogens is 2. The molecule has 4 N–H and O–H groups in total. The molecule has 6 rings (SSSR count). The van der Waals surface area contributed by atoms with E-state index in [9.17, 15) is 0 Å².